The lowest BCUT2D eigenvalue weighted by atomic mass is 9.93. The second kappa shape index (κ2) is 6.70. The van der Waals surface area contributed by atoms with Crippen LogP contribution in [-0.4, -0.2) is 29.9 Å². The highest BCUT2D eigenvalue weighted by Crippen LogP contribution is 2.26. The normalized spacial score (nSPS) is 16.6. The molecule has 1 unspecified atom stereocenters. The van der Waals surface area contributed by atoms with E-state index in [1.807, 2.05) is 42.5 Å². The van der Waals surface area contributed by atoms with E-state index in [0.717, 1.165) is 14.7 Å². The molecule has 118 valence electrons. The summed E-state index contributed by atoms with van der Waals surface area (Å²) in [6.45, 7) is 0.417. The van der Waals surface area contributed by atoms with Crippen LogP contribution in [0, 0.1) is 3.57 Å². The molecule has 0 N–H and O–H groups in total. The molecule has 0 fully saturated rings. The number of carbonyl (C=O) groups excluding carboxylic acids is 2. The van der Waals surface area contributed by atoms with Crippen molar-refractivity contribution in [3.8, 4) is 0 Å². The van der Waals surface area contributed by atoms with Crippen LogP contribution >= 0.6 is 22.6 Å². The molecular formula is C18H16INO3. The summed E-state index contributed by atoms with van der Waals surface area (Å²) in [5.41, 5.74) is 2.76. The zero-order valence-electron chi connectivity index (χ0n) is 12.7. The monoisotopic (exact) mass is 421 g/mol. The lowest BCUT2D eigenvalue weighted by Crippen LogP contribution is -2.49. The van der Waals surface area contributed by atoms with Crippen LogP contribution in [-0.2, 0) is 22.5 Å². The predicted octanol–water partition coefficient (Wildman–Crippen LogP) is 3.03. The van der Waals surface area contributed by atoms with Crippen LogP contribution in [0.3, 0.4) is 0 Å². The number of esters is 1. The summed E-state index contributed by atoms with van der Waals surface area (Å²) in [6, 6.07) is 14.7. The van der Waals surface area contributed by atoms with Crippen molar-refractivity contribution in [3.05, 3.63) is 68.8 Å². The summed E-state index contributed by atoms with van der Waals surface area (Å²) in [6.07, 6.45) is 0.485. The van der Waals surface area contributed by atoms with Gasteiger partial charge in [-0.05, 0) is 51.9 Å². The topological polar surface area (TPSA) is 46.6 Å². The molecule has 0 saturated heterocycles. The lowest BCUT2D eigenvalue weighted by Gasteiger charge is -2.35. The first kappa shape index (κ1) is 16.0. The molecule has 1 aliphatic heterocycles. The summed E-state index contributed by atoms with van der Waals surface area (Å²) in [4.78, 5) is 26.7. The number of methoxy groups -OCH3 is 1. The fourth-order valence-corrected chi connectivity index (χ4v) is 3.41. The zero-order chi connectivity index (χ0) is 16.4. The zero-order valence-corrected chi connectivity index (χ0v) is 14.8. The van der Waals surface area contributed by atoms with Gasteiger partial charge in [0, 0.05) is 22.1 Å². The Balaban J connectivity index is 1.97. The standard InChI is InChI=1S/C18H16INO3/c1-23-18(22)16-10-12-5-2-3-6-14(12)11-20(16)17(21)13-7-4-8-15(19)9-13/h2-9,16H,10-11H2,1H3. The maximum Gasteiger partial charge on any atom is 0.328 e. The molecule has 0 aromatic heterocycles. The molecule has 3 rings (SSSR count). The van der Waals surface area contributed by atoms with Gasteiger partial charge in [-0.15, -0.1) is 0 Å². The van der Waals surface area contributed by atoms with E-state index in [1.165, 1.54) is 7.11 Å². The maximum atomic E-state index is 12.9. The number of carbonyl (C=O) groups is 2. The minimum Gasteiger partial charge on any atom is -0.467 e. The van der Waals surface area contributed by atoms with E-state index in [1.54, 1.807) is 11.0 Å². The Hall–Kier alpha value is -1.89. The van der Waals surface area contributed by atoms with E-state index in [2.05, 4.69) is 22.6 Å². The van der Waals surface area contributed by atoms with E-state index >= 15 is 0 Å². The molecule has 0 saturated carbocycles. The number of benzene rings is 2. The van der Waals surface area contributed by atoms with Gasteiger partial charge in [0.15, 0.2) is 0 Å². The molecule has 0 bridgehead atoms. The van der Waals surface area contributed by atoms with Crippen LogP contribution in [0.1, 0.15) is 21.5 Å². The van der Waals surface area contributed by atoms with Gasteiger partial charge < -0.3 is 9.64 Å². The Morgan fingerprint density at radius 3 is 2.57 bits per heavy atom. The SMILES string of the molecule is COC(=O)C1Cc2ccccc2CN1C(=O)c1cccc(I)c1. The molecule has 1 heterocycles. The first-order valence-corrected chi connectivity index (χ1v) is 8.39. The Bertz CT molecular complexity index is 759. The highest BCUT2D eigenvalue weighted by molar-refractivity contribution is 14.1. The van der Waals surface area contributed by atoms with Gasteiger partial charge in [0.05, 0.1) is 7.11 Å². The van der Waals surface area contributed by atoms with Crippen molar-refractivity contribution < 1.29 is 14.3 Å². The minimum absolute atomic E-state index is 0.145. The highest BCUT2D eigenvalue weighted by Gasteiger charge is 2.35. The van der Waals surface area contributed by atoms with E-state index in [4.69, 9.17) is 4.74 Å². The van der Waals surface area contributed by atoms with E-state index in [0.29, 0.717) is 18.5 Å². The second-order valence-corrected chi connectivity index (χ2v) is 6.70. The van der Waals surface area contributed by atoms with Gasteiger partial charge >= 0.3 is 5.97 Å². The summed E-state index contributed by atoms with van der Waals surface area (Å²) >= 11 is 2.17. The van der Waals surface area contributed by atoms with Crippen LogP contribution in [0.4, 0.5) is 0 Å². The lowest BCUT2D eigenvalue weighted by molar-refractivity contribution is -0.146. The Labute approximate surface area is 148 Å². The third kappa shape index (κ3) is 3.24. The molecule has 0 spiro atoms. The maximum absolute atomic E-state index is 12.9. The smallest absolute Gasteiger partial charge is 0.328 e. The summed E-state index contributed by atoms with van der Waals surface area (Å²) < 4.78 is 5.90. The van der Waals surface area contributed by atoms with Gasteiger partial charge in [0.2, 0.25) is 0 Å². The number of ether oxygens (including phenoxy) is 1. The molecule has 2 aromatic rings. The molecule has 23 heavy (non-hydrogen) atoms. The molecule has 1 atom stereocenters. The number of nitrogens with zero attached hydrogens (tertiary/aromatic N) is 1. The molecule has 4 nitrogen and oxygen atoms in total. The average Bonchev–Trinajstić information content (AvgIpc) is 2.59. The molecule has 5 heteroatoms. The second-order valence-electron chi connectivity index (χ2n) is 5.46. The Morgan fingerprint density at radius 2 is 1.87 bits per heavy atom. The van der Waals surface area contributed by atoms with Crippen molar-refractivity contribution in [2.24, 2.45) is 0 Å². The summed E-state index contributed by atoms with van der Waals surface area (Å²) in [5, 5.41) is 0. The third-order valence-electron chi connectivity index (χ3n) is 4.05. The quantitative estimate of drug-likeness (QED) is 0.554. The van der Waals surface area contributed by atoms with Crippen molar-refractivity contribution in [1.29, 1.82) is 0 Å². The number of halogens is 1. The third-order valence-corrected chi connectivity index (χ3v) is 4.73. The fraction of sp³-hybridized carbons (Fsp3) is 0.222. The van der Waals surface area contributed by atoms with Gasteiger partial charge in [0.25, 0.3) is 5.91 Å². The molecule has 0 aliphatic carbocycles. The summed E-state index contributed by atoms with van der Waals surface area (Å²) in [5.74, 6) is -0.521. The van der Waals surface area contributed by atoms with Crippen LogP contribution < -0.4 is 0 Å². The van der Waals surface area contributed by atoms with Gasteiger partial charge in [-0.1, -0.05) is 30.3 Å². The van der Waals surface area contributed by atoms with E-state index in [9.17, 15) is 9.59 Å². The number of amides is 1. The van der Waals surface area contributed by atoms with Gasteiger partial charge in [-0.25, -0.2) is 4.79 Å². The largest absolute Gasteiger partial charge is 0.467 e. The minimum atomic E-state index is -0.583. The number of hydrogen-bond acceptors (Lipinski definition) is 3. The van der Waals surface area contributed by atoms with E-state index < -0.39 is 6.04 Å². The van der Waals surface area contributed by atoms with Crippen molar-refractivity contribution in [1.82, 2.24) is 4.90 Å². The number of rotatable bonds is 2. The van der Waals surface area contributed by atoms with Crippen LogP contribution in [0.25, 0.3) is 0 Å². The Kier molecular flexibility index (Phi) is 4.66. The van der Waals surface area contributed by atoms with Crippen molar-refractivity contribution in [2.45, 2.75) is 19.0 Å². The van der Waals surface area contributed by atoms with Crippen LogP contribution in [0.5, 0.6) is 0 Å². The van der Waals surface area contributed by atoms with Gasteiger partial charge in [0.1, 0.15) is 6.04 Å². The van der Waals surface area contributed by atoms with Gasteiger partial charge in [-0.2, -0.15) is 0 Å². The van der Waals surface area contributed by atoms with Crippen molar-refractivity contribution >= 4 is 34.5 Å². The Morgan fingerprint density at radius 1 is 1.13 bits per heavy atom. The predicted molar refractivity (Wildman–Crippen MR) is 95.0 cm³/mol. The molecule has 0 radical (unpaired) electrons. The molecular weight excluding hydrogens is 405 g/mol. The fourth-order valence-electron chi connectivity index (χ4n) is 2.87. The van der Waals surface area contributed by atoms with Crippen LogP contribution in [0.15, 0.2) is 48.5 Å². The molecule has 2 aromatic carbocycles. The molecule has 1 amide bonds. The summed E-state index contributed by atoms with van der Waals surface area (Å²) in [7, 11) is 1.36. The van der Waals surface area contributed by atoms with E-state index in [-0.39, 0.29) is 11.9 Å². The first-order chi connectivity index (χ1) is 11.1. The first-order valence-electron chi connectivity index (χ1n) is 7.31. The van der Waals surface area contributed by atoms with Crippen molar-refractivity contribution in [3.63, 3.8) is 0 Å². The van der Waals surface area contributed by atoms with Crippen LogP contribution in [0.2, 0.25) is 0 Å². The average molecular weight is 421 g/mol. The highest BCUT2D eigenvalue weighted by atomic mass is 127. The molecule has 1 aliphatic rings. The number of fused-ring (bicyclic) bond motifs is 1. The number of hydrogen-bond donors (Lipinski definition) is 0. The van der Waals surface area contributed by atoms with Gasteiger partial charge in [-0.3, -0.25) is 4.79 Å². The van der Waals surface area contributed by atoms with Crippen molar-refractivity contribution in [2.75, 3.05) is 7.11 Å².